The topological polar surface area (TPSA) is 41.6 Å². The molecule has 1 N–H and O–H groups in total. The molecule has 0 aromatic carbocycles. The van der Waals surface area contributed by atoms with Crippen LogP contribution in [0.1, 0.15) is 19.8 Å². The Kier molecular flexibility index (Phi) is 5.83. The monoisotopic (exact) mass is 214 g/mol. The van der Waals surface area contributed by atoms with E-state index in [0.717, 1.165) is 45.7 Å². The van der Waals surface area contributed by atoms with Crippen LogP contribution < -0.4 is 5.32 Å². The summed E-state index contributed by atoms with van der Waals surface area (Å²) >= 11 is 0. The van der Waals surface area contributed by atoms with Crippen molar-refractivity contribution in [3.8, 4) is 0 Å². The van der Waals surface area contributed by atoms with Crippen molar-refractivity contribution in [2.24, 2.45) is 0 Å². The van der Waals surface area contributed by atoms with Gasteiger partial charge in [-0.25, -0.2) is 0 Å². The molecule has 1 aliphatic heterocycles. The Balaban J connectivity index is 2.11. The molecule has 0 amide bonds. The van der Waals surface area contributed by atoms with E-state index in [1.807, 2.05) is 7.05 Å². The van der Waals surface area contributed by atoms with Crippen LogP contribution in [0.4, 0.5) is 0 Å². The minimum atomic E-state index is 0.0334. The number of morpholine rings is 1. The molecule has 15 heavy (non-hydrogen) atoms. The molecule has 88 valence electrons. The molecule has 0 aromatic rings. The van der Waals surface area contributed by atoms with Gasteiger partial charge in [-0.1, -0.05) is 0 Å². The number of Topliss-reactive ketones (excluding diaryl/α,β-unsaturated/α-hetero) is 1. The summed E-state index contributed by atoms with van der Waals surface area (Å²) in [6.45, 7) is 6.49. The summed E-state index contributed by atoms with van der Waals surface area (Å²) < 4.78 is 5.28. The highest BCUT2D eigenvalue weighted by atomic mass is 16.5. The van der Waals surface area contributed by atoms with E-state index in [9.17, 15) is 4.79 Å². The molecule has 1 heterocycles. The SMILES string of the molecule is CNC(CCCN1CCOCC1)C(C)=O. The number of likely N-dealkylation sites (N-methyl/N-ethyl adjacent to an activating group) is 1. The second kappa shape index (κ2) is 6.93. The van der Waals surface area contributed by atoms with E-state index in [2.05, 4.69) is 10.2 Å². The summed E-state index contributed by atoms with van der Waals surface area (Å²) in [5.41, 5.74) is 0. The summed E-state index contributed by atoms with van der Waals surface area (Å²) in [5, 5.41) is 3.05. The fourth-order valence-electron chi connectivity index (χ4n) is 1.89. The van der Waals surface area contributed by atoms with Gasteiger partial charge in [0, 0.05) is 13.1 Å². The molecule has 1 aliphatic rings. The highest BCUT2D eigenvalue weighted by Gasteiger charge is 2.13. The highest BCUT2D eigenvalue weighted by molar-refractivity contribution is 5.81. The van der Waals surface area contributed by atoms with E-state index >= 15 is 0 Å². The number of hydrogen-bond donors (Lipinski definition) is 1. The van der Waals surface area contributed by atoms with Crippen LogP contribution in [-0.4, -0.2) is 56.6 Å². The lowest BCUT2D eigenvalue weighted by Gasteiger charge is -2.26. The fourth-order valence-corrected chi connectivity index (χ4v) is 1.89. The van der Waals surface area contributed by atoms with Crippen LogP contribution in [0.3, 0.4) is 0 Å². The Hall–Kier alpha value is -0.450. The largest absolute Gasteiger partial charge is 0.379 e. The second-order valence-electron chi connectivity index (χ2n) is 4.05. The van der Waals surface area contributed by atoms with Crippen LogP contribution in [0.2, 0.25) is 0 Å². The molecular formula is C11H22N2O2. The molecule has 0 bridgehead atoms. The number of ether oxygens (including phenoxy) is 1. The van der Waals surface area contributed by atoms with Crippen LogP contribution in [0, 0.1) is 0 Å². The van der Waals surface area contributed by atoms with Crippen molar-refractivity contribution in [1.82, 2.24) is 10.2 Å². The number of rotatable bonds is 6. The van der Waals surface area contributed by atoms with Crippen LogP contribution in [0.25, 0.3) is 0 Å². The third-order valence-electron chi connectivity index (χ3n) is 2.91. The van der Waals surface area contributed by atoms with E-state index in [-0.39, 0.29) is 11.8 Å². The lowest BCUT2D eigenvalue weighted by atomic mass is 10.1. The van der Waals surface area contributed by atoms with E-state index in [0.29, 0.717) is 0 Å². The standard InChI is InChI=1S/C11H22N2O2/c1-10(14)11(12-2)4-3-5-13-6-8-15-9-7-13/h11-12H,3-9H2,1-2H3. The minimum Gasteiger partial charge on any atom is -0.379 e. The van der Waals surface area contributed by atoms with Gasteiger partial charge in [-0.15, -0.1) is 0 Å². The summed E-state index contributed by atoms with van der Waals surface area (Å²) in [6.07, 6.45) is 2.01. The predicted molar refractivity (Wildman–Crippen MR) is 60.0 cm³/mol. The Morgan fingerprint density at radius 3 is 2.67 bits per heavy atom. The molecule has 1 rings (SSSR count). The average molecular weight is 214 g/mol. The first kappa shape index (κ1) is 12.6. The zero-order chi connectivity index (χ0) is 11.1. The quantitative estimate of drug-likeness (QED) is 0.689. The van der Waals surface area contributed by atoms with Gasteiger partial charge in [-0.05, 0) is 33.4 Å². The van der Waals surface area contributed by atoms with E-state index in [1.54, 1.807) is 6.92 Å². The number of ketones is 1. The molecule has 0 spiro atoms. The average Bonchev–Trinajstić information content (AvgIpc) is 2.25. The van der Waals surface area contributed by atoms with Gasteiger partial charge >= 0.3 is 0 Å². The van der Waals surface area contributed by atoms with Crippen LogP contribution in [0.5, 0.6) is 0 Å². The first-order valence-corrected chi connectivity index (χ1v) is 5.72. The third-order valence-corrected chi connectivity index (χ3v) is 2.91. The molecule has 0 radical (unpaired) electrons. The number of nitrogens with zero attached hydrogens (tertiary/aromatic N) is 1. The van der Waals surface area contributed by atoms with Gasteiger partial charge in [-0.2, -0.15) is 0 Å². The van der Waals surface area contributed by atoms with Gasteiger partial charge in [-0.3, -0.25) is 9.69 Å². The molecule has 0 aliphatic carbocycles. The van der Waals surface area contributed by atoms with Crippen molar-refractivity contribution >= 4 is 5.78 Å². The van der Waals surface area contributed by atoms with Gasteiger partial charge in [0.05, 0.1) is 19.3 Å². The highest BCUT2D eigenvalue weighted by Crippen LogP contribution is 2.03. The number of carbonyl (C=O) groups is 1. The maximum atomic E-state index is 11.2. The summed E-state index contributed by atoms with van der Waals surface area (Å²) in [6, 6.07) is 0.0334. The fraction of sp³-hybridized carbons (Fsp3) is 0.909. The van der Waals surface area contributed by atoms with Crippen LogP contribution in [-0.2, 0) is 9.53 Å². The van der Waals surface area contributed by atoms with Gasteiger partial charge < -0.3 is 10.1 Å². The minimum absolute atomic E-state index is 0.0334. The van der Waals surface area contributed by atoms with E-state index in [4.69, 9.17) is 4.74 Å². The van der Waals surface area contributed by atoms with Crippen molar-refractivity contribution in [1.29, 1.82) is 0 Å². The predicted octanol–water partition coefficient (Wildman–Crippen LogP) is 0.276. The first-order chi connectivity index (χ1) is 7.24. The number of hydrogen-bond acceptors (Lipinski definition) is 4. The summed E-state index contributed by atoms with van der Waals surface area (Å²) in [4.78, 5) is 13.6. The maximum Gasteiger partial charge on any atom is 0.146 e. The molecule has 1 saturated heterocycles. The van der Waals surface area contributed by atoms with E-state index in [1.165, 1.54) is 0 Å². The molecule has 0 saturated carbocycles. The van der Waals surface area contributed by atoms with Gasteiger partial charge in [0.15, 0.2) is 0 Å². The van der Waals surface area contributed by atoms with Crippen molar-refractivity contribution in [2.75, 3.05) is 39.9 Å². The van der Waals surface area contributed by atoms with Crippen LogP contribution >= 0.6 is 0 Å². The number of nitrogens with one attached hydrogen (secondary N) is 1. The normalized spacial score (nSPS) is 20.1. The molecule has 4 heteroatoms. The van der Waals surface area contributed by atoms with Gasteiger partial charge in [0.1, 0.15) is 5.78 Å². The Bertz CT molecular complexity index is 191. The Labute approximate surface area is 92.0 Å². The van der Waals surface area contributed by atoms with E-state index < -0.39 is 0 Å². The Morgan fingerprint density at radius 1 is 1.47 bits per heavy atom. The maximum absolute atomic E-state index is 11.2. The van der Waals surface area contributed by atoms with Crippen molar-refractivity contribution in [3.63, 3.8) is 0 Å². The lowest BCUT2D eigenvalue weighted by molar-refractivity contribution is -0.119. The zero-order valence-electron chi connectivity index (χ0n) is 9.79. The summed E-state index contributed by atoms with van der Waals surface area (Å²) in [7, 11) is 1.85. The van der Waals surface area contributed by atoms with Gasteiger partial charge in [0.25, 0.3) is 0 Å². The van der Waals surface area contributed by atoms with Gasteiger partial charge in [0.2, 0.25) is 0 Å². The molecular weight excluding hydrogens is 192 g/mol. The third kappa shape index (κ3) is 4.73. The molecule has 4 nitrogen and oxygen atoms in total. The molecule has 0 aromatic heterocycles. The first-order valence-electron chi connectivity index (χ1n) is 5.72. The Morgan fingerprint density at radius 2 is 2.13 bits per heavy atom. The number of carbonyl (C=O) groups excluding carboxylic acids is 1. The van der Waals surface area contributed by atoms with Crippen molar-refractivity contribution < 1.29 is 9.53 Å². The van der Waals surface area contributed by atoms with Crippen LogP contribution in [0.15, 0.2) is 0 Å². The lowest BCUT2D eigenvalue weighted by Crippen LogP contribution is -2.38. The van der Waals surface area contributed by atoms with Crippen molar-refractivity contribution in [2.45, 2.75) is 25.8 Å². The smallest absolute Gasteiger partial charge is 0.146 e. The summed E-state index contributed by atoms with van der Waals surface area (Å²) in [5.74, 6) is 0.236. The van der Waals surface area contributed by atoms with Crippen molar-refractivity contribution in [3.05, 3.63) is 0 Å². The molecule has 1 atom stereocenters. The molecule has 1 fully saturated rings. The second-order valence-corrected chi connectivity index (χ2v) is 4.05. The zero-order valence-corrected chi connectivity index (χ0v) is 9.79. The molecule has 1 unspecified atom stereocenters.